The molecule has 1 saturated carbocycles. The molecule has 0 aromatic rings. The van der Waals surface area contributed by atoms with Crippen molar-refractivity contribution in [1.82, 2.24) is 0 Å². The SMILES string of the molecule is O=C1CC(=O)OC2(CCCCC2)O1. The van der Waals surface area contributed by atoms with E-state index < -0.39 is 17.7 Å². The van der Waals surface area contributed by atoms with E-state index in [0.29, 0.717) is 12.8 Å². The Balaban J connectivity index is 2.11. The summed E-state index contributed by atoms with van der Waals surface area (Å²) in [5.41, 5.74) is 0. The van der Waals surface area contributed by atoms with Gasteiger partial charge in [-0.05, 0) is 12.8 Å². The van der Waals surface area contributed by atoms with Crippen LogP contribution in [0.15, 0.2) is 0 Å². The lowest BCUT2D eigenvalue weighted by Gasteiger charge is -2.38. The van der Waals surface area contributed by atoms with Crippen LogP contribution in [0, 0.1) is 0 Å². The van der Waals surface area contributed by atoms with Crippen molar-refractivity contribution in [3.8, 4) is 0 Å². The van der Waals surface area contributed by atoms with E-state index in [0.717, 1.165) is 19.3 Å². The predicted octanol–water partition coefficient (Wildman–Crippen LogP) is 1.14. The molecule has 4 nitrogen and oxygen atoms in total. The maximum atomic E-state index is 11.0. The summed E-state index contributed by atoms with van der Waals surface area (Å²) in [6, 6.07) is 0. The predicted molar refractivity (Wildman–Crippen MR) is 42.6 cm³/mol. The van der Waals surface area contributed by atoms with Gasteiger partial charge in [-0.1, -0.05) is 6.42 Å². The third-order valence-electron chi connectivity index (χ3n) is 2.50. The first-order valence-electron chi connectivity index (χ1n) is 4.64. The van der Waals surface area contributed by atoms with Crippen LogP contribution < -0.4 is 0 Å². The van der Waals surface area contributed by atoms with Gasteiger partial charge in [0.25, 0.3) is 5.79 Å². The lowest BCUT2D eigenvalue weighted by molar-refractivity contribution is -0.252. The summed E-state index contributed by atoms with van der Waals surface area (Å²) < 4.78 is 10.2. The molecular formula is C9H12O4. The fraction of sp³-hybridized carbons (Fsp3) is 0.778. The molecule has 72 valence electrons. The average molecular weight is 184 g/mol. The van der Waals surface area contributed by atoms with E-state index in [1.54, 1.807) is 0 Å². The van der Waals surface area contributed by atoms with Gasteiger partial charge in [0, 0.05) is 12.8 Å². The highest BCUT2D eigenvalue weighted by Crippen LogP contribution is 2.35. The van der Waals surface area contributed by atoms with Gasteiger partial charge in [-0.15, -0.1) is 0 Å². The first-order valence-corrected chi connectivity index (χ1v) is 4.64. The Kier molecular flexibility index (Phi) is 1.98. The number of carbonyl (C=O) groups excluding carboxylic acids is 2. The summed E-state index contributed by atoms with van der Waals surface area (Å²) >= 11 is 0. The second-order valence-corrected chi connectivity index (χ2v) is 3.60. The fourth-order valence-electron chi connectivity index (χ4n) is 1.92. The zero-order valence-electron chi connectivity index (χ0n) is 7.38. The van der Waals surface area contributed by atoms with Crippen LogP contribution in [0.4, 0.5) is 0 Å². The molecule has 0 amide bonds. The number of carbonyl (C=O) groups is 2. The van der Waals surface area contributed by atoms with E-state index in [2.05, 4.69) is 0 Å². The molecule has 0 N–H and O–H groups in total. The minimum atomic E-state index is -0.898. The van der Waals surface area contributed by atoms with Crippen molar-refractivity contribution in [2.24, 2.45) is 0 Å². The molecule has 1 aliphatic carbocycles. The third-order valence-corrected chi connectivity index (χ3v) is 2.50. The van der Waals surface area contributed by atoms with Crippen LogP contribution in [0.1, 0.15) is 38.5 Å². The maximum absolute atomic E-state index is 11.0. The fourth-order valence-corrected chi connectivity index (χ4v) is 1.92. The summed E-state index contributed by atoms with van der Waals surface area (Å²) in [6.45, 7) is 0. The number of ether oxygens (including phenoxy) is 2. The zero-order chi connectivity index (χ0) is 9.31. The Morgan fingerprint density at radius 3 is 2.00 bits per heavy atom. The van der Waals surface area contributed by atoms with Crippen molar-refractivity contribution in [2.75, 3.05) is 0 Å². The summed E-state index contributed by atoms with van der Waals surface area (Å²) in [5, 5.41) is 0. The number of hydrogen-bond donors (Lipinski definition) is 0. The Hall–Kier alpha value is -1.06. The molecule has 0 aromatic heterocycles. The number of esters is 2. The average Bonchev–Trinajstić information content (AvgIpc) is 2.02. The Labute approximate surface area is 76.2 Å². The highest BCUT2D eigenvalue weighted by Gasteiger charge is 2.43. The molecule has 0 radical (unpaired) electrons. The van der Waals surface area contributed by atoms with Gasteiger partial charge >= 0.3 is 11.9 Å². The lowest BCUT2D eigenvalue weighted by atomic mass is 9.93. The van der Waals surface area contributed by atoms with E-state index in [9.17, 15) is 9.59 Å². The van der Waals surface area contributed by atoms with Gasteiger partial charge in [0.2, 0.25) is 0 Å². The Bertz CT molecular complexity index is 222. The Morgan fingerprint density at radius 1 is 0.923 bits per heavy atom. The normalized spacial score (nSPS) is 26.8. The molecule has 0 aromatic carbocycles. The number of rotatable bonds is 0. The van der Waals surface area contributed by atoms with Crippen molar-refractivity contribution >= 4 is 11.9 Å². The highest BCUT2D eigenvalue weighted by molar-refractivity contribution is 5.93. The molecule has 13 heavy (non-hydrogen) atoms. The van der Waals surface area contributed by atoms with E-state index in [1.807, 2.05) is 0 Å². The largest absolute Gasteiger partial charge is 0.422 e. The van der Waals surface area contributed by atoms with Crippen LogP contribution in [0.5, 0.6) is 0 Å². The summed E-state index contributed by atoms with van der Waals surface area (Å²) in [7, 11) is 0. The van der Waals surface area contributed by atoms with E-state index in [-0.39, 0.29) is 6.42 Å². The molecule has 0 bridgehead atoms. The summed E-state index contributed by atoms with van der Waals surface area (Å²) in [4.78, 5) is 22.0. The molecule has 2 fully saturated rings. The minimum Gasteiger partial charge on any atom is -0.422 e. The van der Waals surface area contributed by atoms with Gasteiger partial charge in [0.15, 0.2) is 0 Å². The maximum Gasteiger partial charge on any atom is 0.320 e. The van der Waals surface area contributed by atoms with Crippen molar-refractivity contribution in [1.29, 1.82) is 0 Å². The second-order valence-electron chi connectivity index (χ2n) is 3.60. The van der Waals surface area contributed by atoms with Crippen molar-refractivity contribution < 1.29 is 19.1 Å². The monoisotopic (exact) mass is 184 g/mol. The summed E-state index contributed by atoms with van der Waals surface area (Å²) in [6.07, 6.45) is 4.12. The quantitative estimate of drug-likeness (QED) is 0.418. The Morgan fingerprint density at radius 2 is 1.46 bits per heavy atom. The molecule has 1 heterocycles. The molecule has 4 heteroatoms. The smallest absolute Gasteiger partial charge is 0.320 e. The molecule has 1 saturated heterocycles. The van der Waals surface area contributed by atoms with Gasteiger partial charge in [0.1, 0.15) is 6.42 Å². The zero-order valence-corrected chi connectivity index (χ0v) is 7.38. The highest BCUT2D eigenvalue weighted by atomic mass is 16.7. The van der Waals surface area contributed by atoms with Crippen LogP contribution in [0.3, 0.4) is 0 Å². The van der Waals surface area contributed by atoms with E-state index in [4.69, 9.17) is 9.47 Å². The van der Waals surface area contributed by atoms with Gasteiger partial charge in [-0.3, -0.25) is 9.59 Å². The van der Waals surface area contributed by atoms with Crippen molar-refractivity contribution in [2.45, 2.75) is 44.3 Å². The molecule has 2 aliphatic rings. The standard InChI is InChI=1S/C9H12O4/c10-7-6-8(11)13-9(12-7)4-2-1-3-5-9/h1-6H2. The van der Waals surface area contributed by atoms with Crippen LogP contribution in [-0.4, -0.2) is 17.7 Å². The van der Waals surface area contributed by atoms with Crippen LogP contribution in [-0.2, 0) is 19.1 Å². The molecule has 1 spiro atoms. The van der Waals surface area contributed by atoms with Gasteiger partial charge < -0.3 is 9.47 Å². The van der Waals surface area contributed by atoms with Gasteiger partial charge in [0.05, 0.1) is 0 Å². The van der Waals surface area contributed by atoms with Crippen LogP contribution in [0.2, 0.25) is 0 Å². The van der Waals surface area contributed by atoms with Crippen LogP contribution >= 0.6 is 0 Å². The molecule has 1 aliphatic heterocycles. The first kappa shape index (κ1) is 8.53. The van der Waals surface area contributed by atoms with E-state index in [1.165, 1.54) is 0 Å². The summed E-state index contributed by atoms with van der Waals surface area (Å²) in [5.74, 6) is -1.79. The van der Waals surface area contributed by atoms with Gasteiger partial charge in [-0.25, -0.2) is 0 Å². The van der Waals surface area contributed by atoms with E-state index >= 15 is 0 Å². The van der Waals surface area contributed by atoms with Gasteiger partial charge in [-0.2, -0.15) is 0 Å². The molecule has 2 rings (SSSR count). The topological polar surface area (TPSA) is 52.6 Å². The molecular weight excluding hydrogens is 172 g/mol. The van der Waals surface area contributed by atoms with Crippen molar-refractivity contribution in [3.63, 3.8) is 0 Å². The van der Waals surface area contributed by atoms with Crippen LogP contribution in [0.25, 0.3) is 0 Å². The minimum absolute atomic E-state index is 0.234. The molecule has 0 atom stereocenters. The first-order chi connectivity index (χ1) is 6.20. The lowest BCUT2D eigenvalue weighted by Crippen LogP contribution is -2.46. The molecule has 0 unspecified atom stereocenters. The second kappa shape index (κ2) is 3.01. The van der Waals surface area contributed by atoms with Crippen molar-refractivity contribution in [3.05, 3.63) is 0 Å². The number of hydrogen-bond acceptors (Lipinski definition) is 4. The third kappa shape index (κ3) is 1.66.